The second kappa shape index (κ2) is 7.36. The van der Waals surface area contributed by atoms with Crippen molar-refractivity contribution in [3.8, 4) is 0 Å². The lowest BCUT2D eigenvalue weighted by Crippen LogP contribution is -2.57. The molecule has 31 heavy (non-hydrogen) atoms. The van der Waals surface area contributed by atoms with Gasteiger partial charge >= 0.3 is 6.03 Å². The van der Waals surface area contributed by atoms with E-state index in [1.807, 2.05) is 12.1 Å². The van der Waals surface area contributed by atoms with Gasteiger partial charge in [0, 0.05) is 31.2 Å². The number of benzene rings is 2. The number of anilines is 1. The van der Waals surface area contributed by atoms with Gasteiger partial charge in [0.2, 0.25) is 5.91 Å². The SMILES string of the molecule is CC(=O)NC12CCC(c3ccc(NC(=O)N4Cc5ccc(F)cc5C4)cc3)(CC1)CC2. The van der Waals surface area contributed by atoms with Crippen LogP contribution < -0.4 is 10.6 Å². The summed E-state index contributed by atoms with van der Waals surface area (Å²) in [6.45, 7) is 2.53. The van der Waals surface area contributed by atoms with Crippen molar-refractivity contribution in [3.05, 3.63) is 65.0 Å². The molecule has 6 rings (SSSR count). The Morgan fingerprint density at radius 3 is 2.19 bits per heavy atom. The number of hydrogen-bond acceptors (Lipinski definition) is 2. The summed E-state index contributed by atoms with van der Waals surface area (Å²) in [6.07, 6.45) is 6.34. The number of nitrogens with zero attached hydrogens (tertiary/aromatic N) is 1. The van der Waals surface area contributed by atoms with Crippen LogP contribution in [0.5, 0.6) is 0 Å². The van der Waals surface area contributed by atoms with E-state index in [0.717, 1.165) is 55.3 Å². The molecule has 1 aliphatic heterocycles. The molecule has 5 nitrogen and oxygen atoms in total. The third kappa shape index (κ3) is 3.68. The van der Waals surface area contributed by atoms with E-state index in [-0.39, 0.29) is 28.7 Å². The fourth-order valence-corrected chi connectivity index (χ4v) is 5.80. The van der Waals surface area contributed by atoms with Gasteiger partial charge in [0.25, 0.3) is 0 Å². The van der Waals surface area contributed by atoms with Gasteiger partial charge in [-0.3, -0.25) is 4.79 Å². The highest BCUT2D eigenvalue weighted by atomic mass is 19.1. The van der Waals surface area contributed by atoms with Gasteiger partial charge in [-0.05, 0) is 84.9 Å². The zero-order valence-corrected chi connectivity index (χ0v) is 17.8. The molecular formula is C25H28FN3O2. The standard InChI is InChI=1S/C25H28FN3O2/c1-17(30)28-25-11-8-24(9-12-25,10-13-25)20-3-6-22(7-4-20)27-23(31)29-15-18-2-5-21(26)14-19(18)16-29/h2-7,14H,8-13,15-16H2,1H3,(H,27,31)(H,28,30). The zero-order chi connectivity index (χ0) is 21.6. The molecule has 2 N–H and O–H groups in total. The van der Waals surface area contributed by atoms with Crippen LogP contribution >= 0.6 is 0 Å². The van der Waals surface area contributed by atoms with E-state index >= 15 is 0 Å². The molecule has 0 saturated heterocycles. The fourth-order valence-electron chi connectivity index (χ4n) is 5.80. The quantitative estimate of drug-likeness (QED) is 0.744. The lowest BCUT2D eigenvalue weighted by molar-refractivity contribution is -0.122. The van der Waals surface area contributed by atoms with Gasteiger partial charge in [0.05, 0.1) is 0 Å². The highest BCUT2D eigenvalue weighted by Gasteiger charge is 2.49. The Bertz CT molecular complexity index is 1010. The number of fused-ring (bicyclic) bond motifs is 4. The van der Waals surface area contributed by atoms with Crippen LogP contribution in [-0.4, -0.2) is 22.4 Å². The summed E-state index contributed by atoms with van der Waals surface area (Å²) >= 11 is 0. The maximum Gasteiger partial charge on any atom is 0.322 e. The Hall–Kier alpha value is -2.89. The van der Waals surface area contributed by atoms with Crippen molar-refractivity contribution in [2.75, 3.05) is 5.32 Å². The van der Waals surface area contributed by atoms with Crippen LogP contribution in [0, 0.1) is 5.82 Å². The molecule has 3 aliphatic carbocycles. The molecule has 0 radical (unpaired) electrons. The topological polar surface area (TPSA) is 61.4 Å². The third-order valence-electron chi connectivity index (χ3n) is 7.61. The van der Waals surface area contributed by atoms with E-state index in [0.29, 0.717) is 13.1 Å². The molecule has 2 aromatic carbocycles. The summed E-state index contributed by atoms with van der Waals surface area (Å²) in [5.74, 6) is -0.198. The average molecular weight is 422 g/mol. The van der Waals surface area contributed by atoms with Gasteiger partial charge < -0.3 is 15.5 Å². The number of amides is 3. The predicted molar refractivity (Wildman–Crippen MR) is 117 cm³/mol. The highest BCUT2D eigenvalue weighted by Crippen LogP contribution is 2.53. The molecule has 0 aromatic heterocycles. The van der Waals surface area contributed by atoms with Crippen LogP contribution in [0.2, 0.25) is 0 Å². The molecule has 0 spiro atoms. The maximum atomic E-state index is 13.4. The minimum absolute atomic E-state index is 0.00226. The van der Waals surface area contributed by atoms with Gasteiger partial charge in [-0.25, -0.2) is 9.18 Å². The van der Waals surface area contributed by atoms with Crippen molar-refractivity contribution in [1.82, 2.24) is 10.2 Å². The van der Waals surface area contributed by atoms with E-state index in [9.17, 15) is 14.0 Å². The Balaban J connectivity index is 1.22. The second-order valence-electron chi connectivity index (χ2n) is 9.52. The summed E-state index contributed by atoms with van der Waals surface area (Å²) in [5.41, 5.74) is 4.14. The van der Waals surface area contributed by atoms with Crippen molar-refractivity contribution in [3.63, 3.8) is 0 Å². The van der Waals surface area contributed by atoms with Crippen molar-refractivity contribution >= 4 is 17.6 Å². The summed E-state index contributed by atoms with van der Waals surface area (Å²) < 4.78 is 13.4. The lowest BCUT2D eigenvalue weighted by atomic mass is 9.55. The number of hydrogen-bond donors (Lipinski definition) is 2. The van der Waals surface area contributed by atoms with Gasteiger partial charge in [0.1, 0.15) is 5.82 Å². The Morgan fingerprint density at radius 1 is 0.903 bits per heavy atom. The maximum absolute atomic E-state index is 13.4. The monoisotopic (exact) mass is 421 g/mol. The molecule has 2 aromatic rings. The molecule has 4 aliphatic rings. The van der Waals surface area contributed by atoms with Crippen molar-refractivity contribution in [1.29, 1.82) is 0 Å². The molecule has 1 heterocycles. The third-order valence-corrected chi connectivity index (χ3v) is 7.61. The normalized spacial score (nSPS) is 26.5. The van der Waals surface area contributed by atoms with Crippen LogP contribution in [0.15, 0.2) is 42.5 Å². The smallest absolute Gasteiger partial charge is 0.322 e. The van der Waals surface area contributed by atoms with E-state index in [1.54, 1.807) is 17.9 Å². The molecule has 162 valence electrons. The number of carbonyl (C=O) groups is 2. The predicted octanol–water partition coefficient (Wildman–Crippen LogP) is 4.85. The minimum atomic E-state index is -0.268. The van der Waals surface area contributed by atoms with Crippen LogP contribution in [0.4, 0.5) is 14.9 Å². The number of carbonyl (C=O) groups excluding carboxylic acids is 2. The number of urea groups is 1. The minimum Gasteiger partial charge on any atom is -0.351 e. The van der Waals surface area contributed by atoms with Crippen molar-refractivity contribution < 1.29 is 14.0 Å². The zero-order valence-electron chi connectivity index (χ0n) is 17.8. The number of rotatable bonds is 3. The summed E-state index contributed by atoms with van der Waals surface area (Å²) in [5, 5.41) is 6.18. The molecule has 3 fully saturated rings. The van der Waals surface area contributed by atoms with Gasteiger partial charge in [-0.15, -0.1) is 0 Å². The first-order valence-electron chi connectivity index (χ1n) is 11.1. The molecule has 2 bridgehead atoms. The van der Waals surface area contributed by atoms with Crippen LogP contribution in [-0.2, 0) is 23.3 Å². The summed E-state index contributed by atoms with van der Waals surface area (Å²) in [6, 6.07) is 12.8. The molecule has 3 amide bonds. The van der Waals surface area contributed by atoms with Crippen molar-refractivity contribution in [2.24, 2.45) is 0 Å². The molecule has 0 unspecified atom stereocenters. The Kier molecular flexibility index (Phi) is 4.76. The molecule has 3 saturated carbocycles. The van der Waals surface area contributed by atoms with Crippen molar-refractivity contribution in [2.45, 2.75) is 69.5 Å². The first-order chi connectivity index (χ1) is 14.9. The van der Waals surface area contributed by atoms with Crippen LogP contribution in [0.3, 0.4) is 0 Å². The van der Waals surface area contributed by atoms with E-state index < -0.39 is 0 Å². The lowest BCUT2D eigenvalue weighted by Gasteiger charge is -2.54. The first kappa shape index (κ1) is 20.0. The second-order valence-corrected chi connectivity index (χ2v) is 9.52. The van der Waals surface area contributed by atoms with Gasteiger partial charge in [0.15, 0.2) is 0 Å². The van der Waals surface area contributed by atoms with Crippen LogP contribution in [0.1, 0.15) is 62.1 Å². The number of nitrogens with one attached hydrogen (secondary N) is 2. The summed E-state index contributed by atoms with van der Waals surface area (Å²) in [4.78, 5) is 26.0. The molecule has 0 atom stereocenters. The molecule has 6 heteroatoms. The number of halogens is 1. The fraction of sp³-hybridized carbons (Fsp3) is 0.440. The molecular weight excluding hydrogens is 393 g/mol. The Morgan fingerprint density at radius 2 is 1.55 bits per heavy atom. The Labute approximate surface area is 182 Å². The van der Waals surface area contributed by atoms with Gasteiger partial charge in [-0.1, -0.05) is 18.2 Å². The van der Waals surface area contributed by atoms with Crippen LogP contribution in [0.25, 0.3) is 0 Å². The van der Waals surface area contributed by atoms with E-state index in [1.165, 1.54) is 17.7 Å². The van der Waals surface area contributed by atoms with Gasteiger partial charge in [-0.2, -0.15) is 0 Å². The van der Waals surface area contributed by atoms with E-state index in [4.69, 9.17) is 0 Å². The van der Waals surface area contributed by atoms with E-state index in [2.05, 4.69) is 22.8 Å². The highest BCUT2D eigenvalue weighted by molar-refractivity contribution is 5.89. The average Bonchev–Trinajstić information content (AvgIpc) is 3.18. The largest absolute Gasteiger partial charge is 0.351 e. The summed E-state index contributed by atoms with van der Waals surface area (Å²) in [7, 11) is 0. The first-order valence-corrected chi connectivity index (χ1v) is 11.1.